The quantitative estimate of drug-likeness (QED) is 0.805. The lowest BCUT2D eigenvalue weighted by molar-refractivity contribution is 0.0943. The van der Waals surface area contributed by atoms with Crippen LogP contribution in [0.4, 0.5) is 0 Å². The summed E-state index contributed by atoms with van der Waals surface area (Å²) in [5.74, 6) is -0.0697. The van der Waals surface area contributed by atoms with Crippen LogP contribution in [0.1, 0.15) is 35.5 Å². The van der Waals surface area contributed by atoms with Gasteiger partial charge in [0.15, 0.2) is 5.01 Å². The zero-order chi connectivity index (χ0) is 9.84. The molecule has 0 radical (unpaired) electrons. The molecule has 1 N–H and O–H groups in total. The molecule has 0 saturated carbocycles. The Kier molecular flexibility index (Phi) is 3.42. The maximum absolute atomic E-state index is 11.4. The Bertz CT molecular complexity index is 294. The Balaban J connectivity index is 2.66. The molecule has 0 saturated heterocycles. The van der Waals surface area contributed by atoms with Crippen molar-refractivity contribution in [1.82, 2.24) is 10.3 Å². The molecule has 1 amide bonds. The SMILES string of the molecule is CCc1cnc(C(=O)NC(C)C)s1. The second-order valence-corrected chi connectivity index (χ2v) is 4.23. The molecule has 0 aliphatic rings. The highest BCUT2D eigenvalue weighted by Crippen LogP contribution is 2.12. The Labute approximate surface area is 82.2 Å². The number of nitrogens with one attached hydrogen (secondary N) is 1. The smallest absolute Gasteiger partial charge is 0.280 e. The zero-order valence-corrected chi connectivity index (χ0v) is 8.94. The van der Waals surface area contributed by atoms with Crippen molar-refractivity contribution in [3.63, 3.8) is 0 Å². The minimum Gasteiger partial charge on any atom is -0.348 e. The fourth-order valence-electron chi connectivity index (χ4n) is 0.900. The number of thiazole rings is 1. The van der Waals surface area contributed by atoms with E-state index in [9.17, 15) is 4.79 Å². The van der Waals surface area contributed by atoms with Crippen LogP contribution in [0.15, 0.2) is 6.20 Å². The predicted molar refractivity (Wildman–Crippen MR) is 54.1 cm³/mol. The Morgan fingerprint density at radius 3 is 2.85 bits per heavy atom. The molecule has 0 fully saturated rings. The van der Waals surface area contributed by atoms with Gasteiger partial charge in [-0.2, -0.15) is 0 Å². The summed E-state index contributed by atoms with van der Waals surface area (Å²) in [4.78, 5) is 16.6. The first-order valence-corrected chi connectivity index (χ1v) is 5.20. The lowest BCUT2D eigenvalue weighted by Crippen LogP contribution is -2.29. The first kappa shape index (κ1) is 10.2. The zero-order valence-electron chi connectivity index (χ0n) is 8.13. The molecule has 13 heavy (non-hydrogen) atoms. The molecule has 0 atom stereocenters. The summed E-state index contributed by atoms with van der Waals surface area (Å²) in [6.45, 7) is 5.93. The number of carbonyl (C=O) groups is 1. The van der Waals surface area contributed by atoms with E-state index < -0.39 is 0 Å². The monoisotopic (exact) mass is 198 g/mol. The van der Waals surface area contributed by atoms with Gasteiger partial charge in [0.1, 0.15) is 0 Å². The van der Waals surface area contributed by atoms with Crippen molar-refractivity contribution in [1.29, 1.82) is 0 Å². The van der Waals surface area contributed by atoms with Crippen LogP contribution in [0.25, 0.3) is 0 Å². The molecule has 0 aliphatic carbocycles. The van der Waals surface area contributed by atoms with Crippen LogP contribution in [0.2, 0.25) is 0 Å². The number of aromatic nitrogens is 1. The van der Waals surface area contributed by atoms with Crippen LogP contribution in [0.5, 0.6) is 0 Å². The maximum atomic E-state index is 11.4. The van der Waals surface area contributed by atoms with E-state index in [1.165, 1.54) is 11.3 Å². The van der Waals surface area contributed by atoms with Crippen molar-refractivity contribution >= 4 is 17.2 Å². The maximum Gasteiger partial charge on any atom is 0.280 e. The first-order valence-electron chi connectivity index (χ1n) is 4.39. The van der Waals surface area contributed by atoms with Crippen molar-refractivity contribution in [2.75, 3.05) is 0 Å². The average Bonchev–Trinajstić information content (AvgIpc) is 2.50. The summed E-state index contributed by atoms with van der Waals surface area (Å²) >= 11 is 1.46. The summed E-state index contributed by atoms with van der Waals surface area (Å²) in [7, 11) is 0. The van der Waals surface area contributed by atoms with Crippen LogP contribution >= 0.6 is 11.3 Å². The average molecular weight is 198 g/mol. The van der Waals surface area contributed by atoms with Crippen molar-refractivity contribution in [2.24, 2.45) is 0 Å². The molecule has 0 aromatic carbocycles. The van der Waals surface area contributed by atoms with Crippen LogP contribution in [-0.4, -0.2) is 16.9 Å². The molecule has 1 rings (SSSR count). The first-order chi connectivity index (χ1) is 6.13. The number of hydrogen-bond acceptors (Lipinski definition) is 3. The van der Waals surface area contributed by atoms with E-state index in [4.69, 9.17) is 0 Å². The van der Waals surface area contributed by atoms with Gasteiger partial charge in [0.25, 0.3) is 5.91 Å². The van der Waals surface area contributed by atoms with Gasteiger partial charge in [-0.1, -0.05) is 6.92 Å². The minimum atomic E-state index is -0.0697. The van der Waals surface area contributed by atoms with Crippen molar-refractivity contribution in [3.8, 4) is 0 Å². The summed E-state index contributed by atoms with van der Waals surface area (Å²) in [5.41, 5.74) is 0. The van der Waals surface area contributed by atoms with E-state index in [2.05, 4.69) is 17.2 Å². The Hall–Kier alpha value is -0.900. The van der Waals surface area contributed by atoms with Gasteiger partial charge >= 0.3 is 0 Å². The van der Waals surface area contributed by atoms with Gasteiger partial charge in [-0.05, 0) is 20.3 Å². The number of carbonyl (C=O) groups excluding carboxylic acids is 1. The largest absolute Gasteiger partial charge is 0.348 e. The highest BCUT2D eigenvalue weighted by molar-refractivity contribution is 7.13. The standard InChI is InChI=1S/C9H14N2OS/c1-4-7-5-10-9(13-7)8(12)11-6(2)3/h5-6H,4H2,1-3H3,(H,11,12). The number of rotatable bonds is 3. The minimum absolute atomic E-state index is 0.0697. The van der Waals surface area contributed by atoms with E-state index >= 15 is 0 Å². The molecule has 0 bridgehead atoms. The molecule has 72 valence electrons. The fraction of sp³-hybridized carbons (Fsp3) is 0.556. The third kappa shape index (κ3) is 2.81. The predicted octanol–water partition coefficient (Wildman–Crippen LogP) is 1.84. The Morgan fingerprint density at radius 2 is 2.38 bits per heavy atom. The van der Waals surface area contributed by atoms with E-state index in [0.29, 0.717) is 5.01 Å². The van der Waals surface area contributed by atoms with E-state index in [1.807, 2.05) is 13.8 Å². The second kappa shape index (κ2) is 4.37. The second-order valence-electron chi connectivity index (χ2n) is 3.11. The van der Waals surface area contributed by atoms with Gasteiger partial charge in [-0.25, -0.2) is 4.98 Å². The Morgan fingerprint density at radius 1 is 1.69 bits per heavy atom. The normalized spacial score (nSPS) is 10.5. The number of hydrogen-bond donors (Lipinski definition) is 1. The van der Waals surface area contributed by atoms with Gasteiger partial charge in [0, 0.05) is 17.1 Å². The summed E-state index contributed by atoms with van der Waals surface area (Å²) in [6.07, 6.45) is 2.70. The summed E-state index contributed by atoms with van der Waals surface area (Å²) in [6, 6.07) is 0.168. The van der Waals surface area contributed by atoms with Crippen LogP contribution in [0, 0.1) is 0 Å². The van der Waals surface area contributed by atoms with Gasteiger partial charge in [0.05, 0.1) is 0 Å². The number of amides is 1. The highest BCUT2D eigenvalue weighted by atomic mass is 32.1. The fourth-order valence-corrected chi connectivity index (χ4v) is 1.65. The van der Waals surface area contributed by atoms with Crippen LogP contribution in [0.3, 0.4) is 0 Å². The van der Waals surface area contributed by atoms with Crippen molar-refractivity contribution < 1.29 is 4.79 Å². The van der Waals surface area contributed by atoms with Crippen LogP contribution in [-0.2, 0) is 6.42 Å². The topological polar surface area (TPSA) is 42.0 Å². The molecule has 1 heterocycles. The highest BCUT2D eigenvalue weighted by Gasteiger charge is 2.10. The van der Waals surface area contributed by atoms with Crippen LogP contribution < -0.4 is 5.32 Å². The molecular weight excluding hydrogens is 184 g/mol. The molecule has 0 spiro atoms. The molecule has 1 aromatic heterocycles. The molecule has 4 heteroatoms. The van der Waals surface area contributed by atoms with Gasteiger partial charge in [0.2, 0.25) is 0 Å². The lowest BCUT2D eigenvalue weighted by atomic mass is 10.4. The molecule has 0 unspecified atom stereocenters. The summed E-state index contributed by atoms with van der Waals surface area (Å²) in [5, 5.41) is 3.37. The van der Waals surface area contributed by atoms with Gasteiger partial charge in [-0.3, -0.25) is 4.79 Å². The third-order valence-corrected chi connectivity index (χ3v) is 2.66. The van der Waals surface area contributed by atoms with Crippen molar-refractivity contribution in [2.45, 2.75) is 33.2 Å². The van der Waals surface area contributed by atoms with E-state index in [-0.39, 0.29) is 11.9 Å². The van der Waals surface area contributed by atoms with Crippen molar-refractivity contribution in [3.05, 3.63) is 16.1 Å². The number of nitrogens with zero attached hydrogens (tertiary/aromatic N) is 1. The van der Waals surface area contributed by atoms with Gasteiger partial charge in [-0.15, -0.1) is 11.3 Å². The molecule has 1 aromatic rings. The number of aryl methyl sites for hydroxylation is 1. The molecule has 3 nitrogen and oxygen atoms in total. The van der Waals surface area contributed by atoms with E-state index in [1.54, 1.807) is 6.20 Å². The van der Waals surface area contributed by atoms with E-state index in [0.717, 1.165) is 11.3 Å². The molecule has 0 aliphatic heterocycles. The molecular formula is C9H14N2OS. The van der Waals surface area contributed by atoms with Gasteiger partial charge < -0.3 is 5.32 Å². The lowest BCUT2D eigenvalue weighted by Gasteiger charge is -2.04. The third-order valence-electron chi connectivity index (χ3n) is 1.52. The summed E-state index contributed by atoms with van der Waals surface area (Å²) < 4.78 is 0.